The van der Waals surface area contributed by atoms with Gasteiger partial charge in [-0.05, 0) is 6.54 Å². The van der Waals surface area contributed by atoms with Gasteiger partial charge in [0.2, 0.25) is 0 Å². The minimum atomic E-state index is -0.553. The third kappa shape index (κ3) is 2.24. The van der Waals surface area contributed by atoms with E-state index >= 15 is 0 Å². The standard InChI is InChI=1S/C8H8N4O2/c9-2-1-6-3-8(12(13)14)4-7(5-10)11-6/h3-4H,1-2,9H2. The predicted molar refractivity (Wildman–Crippen MR) is 48.4 cm³/mol. The van der Waals surface area contributed by atoms with Crippen LogP contribution in [-0.2, 0) is 6.42 Å². The normalized spacial score (nSPS) is 9.43. The molecule has 0 aliphatic carbocycles. The Morgan fingerprint density at radius 1 is 1.64 bits per heavy atom. The first kappa shape index (κ1) is 10.1. The number of hydrogen-bond acceptors (Lipinski definition) is 5. The zero-order valence-corrected chi connectivity index (χ0v) is 7.30. The number of hydrogen-bond donors (Lipinski definition) is 1. The van der Waals surface area contributed by atoms with Gasteiger partial charge >= 0.3 is 0 Å². The number of nitro groups is 1. The summed E-state index contributed by atoms with van der Waals surface area (Å²) in [6.45, 7) is 0.346. The van der Waals surface area contributed by atoms with Crippen molar-refractivity contribution in [2.45, 2.75) is 6.42 Å². The molecule has 0 bridgehead atoms. The number of aromatic nitrogens is 1. The maximum absolute atomic E-state index is 10.5. The van der Waals surface area contributed by atoms with Crippen molar-refractivity contribution in [3.8, 4) is 6.07 Å². The van der Waals surface area contributed by atoms with Crippen LogP contribution in [0.5, 0.6) is 0 Å². The zero-order chi connectivity index (χ0) is 10.6. The van der Waals surface area contributed by atoms with E-state index in [0.29, 0.717) is 18.7 Å². The van der Waals surface area contributed by atoms with Gasteiger partial charge in [0.15, 0.2) is 0 Å². The van der Waals surface area contributed by atoms with Crippen LogP contribution in [0.25, 0.3) is 0 Å². The van der Waals surface area contributed by atoms with Gasteiger partial charge in [-0.3, -0.25) is 10.1 Å². The summed E-state index contributed by atoms with van der Waals surface area (Å²) in [5.41, 5.74) is 5.68. The van der Waals surface area contributed by atoms with E-state index in [9.17, 15) is 10.1 Å². The number of rotatable bonds is 3. The Morgan fingerprint density at radius 2 is 2.36 bits per heavy atom. The molecule has 0 fully saturated rings. The average molecular weight is 192 g/mol. The van der Waals surface area contributed by atoms with E-state index in [0.717, 1.165) is 6.07 Å². The van der Waals surface area contributed by atoms with Crippen LogP contribution >= 0.6 is 0 Å². The van der Waals surface area contributed by atoms with E-state index in [-0.39, 0.29) is 11.4 Å². The first-order valence-electron chi connectivity index (χ1n) is 3.93. The first-order valence-corrected chi connectivity index (χ1v) is 3.93. The molecule has 0 saturated carbocycles. The Bertz CT molecular complexity index is 397. The molecule has 0 aliphatic rings. The summed E-state index contributed by atoms with van der Waals surface area (Å²) < 4.78 is 0. The molecule has 14 heavy (non-hydrogen) atoms. The summed E-state index contributed by atoms with van der Waals surface area (Å²) >= 11 is 0. The van der Waals surface area contributed by atoms with Gasteiger partial charge in [-0.25, -0.2) is 4.98 Å². The Kier molecular flexibility index (Phi) is 3.09. The van der Waals surface area contributed by atoms with Gasteiger partial charge in [0.25, 0.3) is 5.69 Å². The van der Waals surface area contributed by atoms with Gasteiger partial charge < -0.3 is 5.73 Å². The zero-order valence-electron chi connectivity index (χ0n) is 7.30. The second-order valence-electron chi connectivity index (χ2n) is 2.61. The smallest absolute Gasteiger partial charge is 0.274 e. The molecule has 0 aliphatic heterocycles. The van der Waals surface area contributed by atoms with Crippen LogP contribution < -0.4 is 5.73 Å². The SMILES string of the molecule is N#Cc1cc([N+](=O)[O-])cc(CCN)n1. The molecule has 1 aromatic rings. The van der Waals surface area contributed by atoms with Crippen molar-refractivity contribution in [1.82, 2.24) is 4.98 Å². The summed E-state index contributed by atoms with van der Waals surface area (Å²) in [7, 11) is 0. The lowest BCUT2D eigenvalue weighted by molar-refractivity contribution is -0.385. The Balaban J connectivity index is 3.15. The van der Waals surface area contributed by atoms with Crippen LogP contribution in [0.15, 0.2) is 12.1 Å². The number of nitriles is 1. The molecule has 0 unspecified atom stereocenters. The summed E-state index contributed by atoms with van der Waals surface area (Å²) in [5.74, 6) is 0. The van der Waals surface area contributed by atoms with Crippen molar-refractivity contribution in [1.29, 1.82) is 5.26 Å². The van der Waals surface area contributed by atoms with Gasteiger partial charge in [-0.15, -0.1) is 0 Å². The molecule has 1 aromatic heterocycles. The molecule has 0 amide bonds. The van der Waals surface area contributed by atoms with Gasteiger partial charge in [-0.1, -0.05) is 0 Å². The van der Waals surface area contributed by atoms with Crippen LogP contribution in [0.4, 0.5) is 5.69 Å². The second-order valence-corrected chi connectivity index (χ2v) is 2.61. The molecule has 0 aromatic carbocycles. The number of nitrogens with two attached hydrogens (primary N) is 1. The molecular weight excluding hydrogens is 184 g/mol. The molecule has 0 atom stereocenters. The lowest BCUT2D eigenvalue weighted by Gasteiger charge is -1.98. The third-order valence-electron chi connectivity index (χ3n) is 1.59. The summed E-state index contributed by atoms with van der Waals surface area (Å²) in [5, 5.41) is 19.0. The van der Waals surface area contributed by atoms with E-state index in [1.165, 1.54) is 6.07 Å². The predicted octanol–water partition coefficient (Wildman–Crippen LogP) is 0.363. The Morgan fingerprint density at radius 3 is 2.86 bits per heavy atom. The molecule has 0 radical (unpaired) electrons. The molecular formula is C8H8N4O2. The highest BCUT2D eigenvalue weighted by Crippen LogP contribution is 2.13. The van der Waals surface area contributed by atoms with Crippen LogP contribution in [-0.4, -0.2) is 16.5 Å². The number of nitrogens with zero attached hydrogens (tertiary/aromatic N) is 3. The minimum Gasteiger partial charge on any atom is -0.330 e. The fraction of sp³-hybridized carbons (Fsp3) is 0.250. The van der Waals surface area contributed by atoms with Crippen LogP contribution in [0.2, 0.25) is 0 Å². The molecule has 1 rings (SSSR count). The maximum Gasteiger partial charge on any atom is 0.274 e. The third-order valence-corrected chi connectivity index (χ3v) is 1.59. The minimum absolute atomic E-state index is 0.0441. The van der Waals surface area contributed by atoms with Gasteiger partial charge in [0.1, 0.15) is 11.8 Å². The van der Waals surface area contributed by atoms with Crippen molar-refractivity contribution in [3.05, 3.63) is 33.6 Å². The van der Waals surface area contributed by atoms with Gasteiger partial charge in [0.05, 0.1) is 16.7 Å². The van der Waals surface area contributed by atoms with Gasteiger partial charge in [-0.2, -0.15) is 5.26 Å². The molecule has 0 spiro atoms. The second kappa shape index (κ2) is 4.30. The van der Waals surface area contributed by atoms with Crippen LogP contribution in [0, 0.1) is 21.4 Å². The van der Waals surface area contributed by atoms with E-state index in [1.807, 2.05) is 0 Å². The van der Waals surface area contributed by atoms with Crippen molar-refractivity contribution in [2.24, 2.45) is 5.73 Å². The quantitative estimate of drug-likeness (QED) is 0.549. The topological polar surface area (TPSA) is 106 Å². The van der Waals surface area contributed by atoms with Crippen LogP contribution in [0.1, 0.15) is 11.4 Å². The first-order chi connectivity index (χ1) is 6.67. The van der Waals surface area contributed by atoms with E-state index in [1.54, 1.807) is 6.07 Å². The largest absolute Gasteiger partial charge is 0.330 e. The monoisotopic (exact) mass is 192 g/mol. The summed E-state index contributed by atoms with van der Waals surface area (Å²) in [6.07, 6.45) is 0.427. The van der Waals surface area contributed by atoms with Crippen molar-refractivity contribution >= 4 is 5.69 Å². The van der Waals surface area contributed by atoms with E-state index in [4.69, 9.17) is 11.0 Å². The van der Waals surface area contributed by atoms with Gasteiger partial charge in [0, 0.05) is 12.5 Å². The fourth-order valence-corrected chi connectivity index (χ4v) is 1.01. The highest BCUT2D eigenvalue weighted by Gasteiger charge is 2.10. The molecule has 72 valence electrons. The number of pyridine rings is 1. The van der Waals surface area contributed by atoms with E-state index in [2.05, 4.69) is 4.98 Å². The summed E-state index contributed by atoms with van der Waals surface area (Å²) in [6, 6.07) is 4.23. The summed E-state index contributed by atoms with van der Waals surface area (Å²) in [4.78, 5) is 13.8. The molecule has 6 nitrogen and oxygen atoms in total. The molecule has 2 N–H and O–H groups in total. The fourth-order valence-electron chi connectivity index (χ4n) is 1.01. The Labute approximate surface area is 80.1 Å². The van der Waals surface area contributed by atoms with Crippen molar-refractivity contribution in [2.75, 3.05) is 6.54 Å². The lowest BCUT2D eigenvalue weighted by atomic mass is 10.2. The maximum atomic E-state index is 10.5. The molecule has 1 heterocycles. The molecule has 6 heteroatoms. The van der Waals surface area contributed by atoms with E-state index < -0.39 is 4.92 Å². The highest BCUT2D eigenvalue weighted by molar-refractivity contribution is 5.38. The average Bonchev–Trinajstić information content (AvgIpc) is 2.17. The van der Waals surface area contributed by atoms with Crippen LogP contribution in [0.3, 0.4) is 0 Å². The lowest BCUT2D eigenvalue weighted by Crippen LogP contribution is -2.05. The van der Waals surface area contributed by atoms with Crippen molar-refractivity contribution in [3.63, 3.8) is 0 Å². The Hall–Kier alpha value is -2.00. The van der Waals surface area contributed by atoms with Crippen molar-refractivity contribution < 1.29 is 4.92 Å². The molecule has 0 saturated heterocycles. The highest BCUT2D eigenvalue weighted by atomic mass is 16.6.